The van der Waals surface area contributed by atoms with Crippen LogP contribution < -0.4 is 15.2 Å². The molecule has 3 heteroatoms. The zero-order valence-electron chi connectivity index (χ0n) is 12.0. The van der Waals surface area contributed by atoms with Gasteiger partial charge in [0.05, 0.1) is 13.7 Å². The lowest BCUT2D eigenvalue weighted by Gasteiger charge is -2.13. The largest absolute Gasteiger partial charge is 0.497 e. The lowest BCUT2D eigenvalue weighted by Crippen LogP contribution is -2.13. The Labute approximate surface area is 120 Å². The first kappa shape index (κ1) is 14.4. The molecule has 106 valence electrons. The van der Waals surface area contributed by atoms with Crippen molar-refractivity contribution in [3.63, 3.8) is 0 Å². The number of rotatable bonds is 6. The van der Waals surface area contributed by atoms with Gasteiger partial charge in [-0.3, -0.25) is 0 Å². The zero-order chi connectivity index (χ0) is 14.4. The number of benzene rings is 2. The second-order valence-electron chi connectivity index (χ2n) is 4.66. The fraction of sp³-hybridized carbons (Fsp3) is 0.294. The van der Waals surface area contributed by atoms with Crippen molar-refractivity contribution in [1.29, 1.82) is 0 Å². The molecule has 2 N–H and O–H groups in total. The summed E-state index contributed by atoms with van der Waals surface area (Å²) < 4.78 is 10.7. The molecule has 0 amide bonds. The fourth-order valence-corrected chi connectivity index (χ4v) is 2.13. The molecule has 1 atom stereocenters. The van der Waals surface area contributed by atoms with Crippen molar-refractivity contribution in [3.05, 3.63) is 59.7 Å². The van der Waals surface area contributed by atoms with Crippen LogP contribution in [0, 0.1) is 0 Å². The van der Waals surface area contributed by atoms with Gasteiger partial charge < -0.3 is 15.2 Å². The van der Waals surface area contributed by atoms with Crippen molar-refractivity contribution in [2.75, 3.05) is 13.7 Å². The highest BCUT2D eigenvalue weighted by Gasteiger charge is 2.08. The third kappa shape index (κ3) is 3.75. The van der Waals surface area contributed by atoms with E-state index in [-0.39, 0.29) is 6.04 Å². The molecular formula is C17H21NO2. The third-order valence-electron chi connectivity index (χ3n) is 3.21. The standard InChI is InChI=1S/C17H21NO2/c1-3-20-15-9-7-13(8-10-15)11-17(18)14-5-4-6-16(12-14)19-2/h4-10,12,17H,3,11,18H2,1-2H3. The fourth-order valence-electron chi connectivity index (χ4n) is 2.13. The van der Waals surface area contributed by atoms with Crippen LogP contribution in [0.2, 0.25) is 0 Å². The first-order chi connectivity index (χ1) is 9.72. The maximum atomic E-state index is 6.26. The Morgan fingerprint density at radius 3 is 2.45 bits per heavy atom. The molecule has 0 spiro atoms. The van der Waals surface area contributed by atoms with Gasteiger partial charge in [-0.25, -0.2) is 0 Å². The van der Waals surface area contributed by atoms with Crippen molar-refractivity contribution < 1.29 is 9.47 Å². The SMILES string of the molecule is CCOc1ccc(CC(N)c2cccc(OC)c2)cc1. The number of methoxy groups -OCH3 is 1. The molecule has 0 aliphatic carbocycles. The summed E-state index contributed by atoms with van der Waals surface area (Å²) in [6.07, 6.45) is 0.791. The minimum Gasteiger partial charge on any atom is -0.497 e. The topological polar surface area (TPSA) is 44.5 Å². The summed E-state index contributed by atoms with van der Waals surface area (Å²) in [7, 11) is 1.66. The molecule has 0 aliphatic rings. The quantitative estimate of drug-likeness (QED) is 0.876. The smallest absolute Gasteiger partial charge is 0.119 e. The van der Waals surface area contributed by atoms with Crippen LogP contribution in [0.25, 0.3) is 0 Å². The van der Waals surface area contributed by atoms with Crippen molar-refractivity contribution in [2.24, 2.45) is 5.73 Å². The van der Waals surface area contributed by atoms with Crippen molar-refractivity contribution in [1.82, 2.24) is 0 Å². The number of hydrogen-bond acceptors (Lipinski definition) is 3. The molecule has 0 bridgehead atoms. The first-order valence-electron chi connectivity index (χ1n) is 6.84. The molecule has 2 rings (SSSR count). The molecule has 1 unspecified atom stereocenters. The molecule has 20 heavy (non-hydrogen) atoms. The molecule has 0 heterocycles. The summed E-state index contributed by atoms with van der Waals surface area (Å²) in [6.45, 7) is 2.66. The molecule has 2 aromatic carbocycles. The lowest BCUT2D eigenvalue weighted by molar-refractivity contribution is 0.340. The van der Waals surface area contributed by atoms with Gasteiger partial charge in [0.1, 0.15) is 11.5 Å². The Hall–Kier alpha value is -2.00. The van der Waals surface area contributed by atoms with Gasteiger partial charge in [-0.1, -0.05) is 24.3 Å². The molecule has 0 saturated heterocycles. The van der Waals surface area contributed by atoms with Gasteiger partial charge in [0, 0.05) is 6.04 Å². The summed E-state index contributed by atoms with van der Waals surface area (Å²) in [5.74, 6) is 1.73. The summed E-state index contributed by atoms with van der Waals surface area (Å²) >= 11 is 0. The van der Waals surface area contributed by atoms with E-state index in [1.165, 1.54) is 5.56 Å². The molecule has 0 radical (unpaired) electrons. The van der Waals surface area contributed by atoms with Crippen LogP contribution in [0.3, 0.4) is 0 Å². The second-order valence-corrected chi connectivity index (χ2v) is 4.66. The summed E-state index contributed by atoms with van der Waals surface area (Å²) in [6, 6.07) is 16.0. The van der Waals surface area contributed by atoms with Gasteiger partial charge in [0.2, 0.25) is 0 Å². The number of hydrogen-bond donors (Lipinski definition) is 1. The Kier molecular flexibility index (Phi) is 5.02. The predicted molar refractivity (Wildman–Crippen MR) is 81.2 cm³/mol. The van der Waals surface area contributed by atoms with Crippen LogP contribution >= 0.6 is 0 Å². The highest BCUT2D eigenvalue weighted by Crippen LogP contribution is 2.21. The average Bonchev–Trinajstić information content (AvgIpc) is 2.49. The normalized spacial score (nSPS) is 11.9. The van der Waals surface area contributed by atoms with E-state index >= 15 is 0 Å². The van der Waals surface area contributed by atoms with Gasteiger partial charge in [-0.05, 0) is 48.7 Å². The highest BCUT2D eigenvalue weighted by molar-refractivity contribution is 5.33. The van der Waals surface area contributed by atoms with Gasteiger partial charge in [0.15, 0.2) is 0 Å². The van der Waals surface area contributed by atoms with E-state index in [9.17, 15) is 0 Å². The maximum Gasteiger partial charge on any atom is 0.119 e. The summed E-state index contributed by atoms with van der Waals surface area (Å²) in [5.41, 5.74) is 8.54. The zero-order valence-corrected chi connectivity index (χ0v) is 12.0. The van der Waals surface area contributed by atoms with Crippen LogP contribution in [0.5, 0.6) is 11.5 Å². The summed E-state index contributed by atoms with van der Waals surface area (Å²) in [5, 5.41) is 0. The minimum atomic E-state index is -0.0388. The van der Waals surface area contributed by atoms with Gasteiger partial charge in [0.25, 0.3) is 0 Å². The number of ether oxygens (including phenoxy) is 2. The van der Waals surface area contributed by atoms with E-state index < -0.39 is 0 Å². The molecule has 3 nitrogen and oxygen atoms in total. The monoisotopic (exact) mass is 271 g/mol. The van der Waals surface area contributed by atoms with E-state index in [4.69, 9.17) is 15.2 Å². The van der Waals surface area contributed by atoms with E-state index in [0.717, 1.165) is 23.5 Å². The van der Waals surface area contributed by atoms with E-state index in [1.807, 2.05) is 43.3 Å². The highest BCUT2D eigenvalue weighted by atomic mass is 16.5. The van der Waals surface area contributed by atoms with Crippen LogP contribution in [-0.4, -0.2) is 13.7 Å². The van der Waals surface area contributed by atoms with Crippen LogP contribution in [-0.2, 0) is 6.42 Å². The molecule has 0 aliphatic heterocycles. The third-order valence-corrected chi connectivity index (χ3v) is 3.21. The lowest BCUT2D eigenvalue weighted by atomic mass is 9.99. The molecule has 2 aromatic rings. The van der Waals surface area contributed by atoms with E-state index in [0.29, 0.717) is 6.61 Å². The second kappa shape index (κ2) is 6.96. The predicted octanol–water partition coefficient (Wildman–Crippen LogP) is 3.34. The first-order valence-corrected chi connectivity index (χ1v) is 6.84. The molecule has 0 aromatic heterocycles. The Balaban J connectivity index is 2.04. The van der Waals surface area contributed by atoms with Gasteiger partial charge in [-0.15, -0.1) is 0 Å². The number of nitrogens with two attached hydrogens (primary N) is 1. The average molecular weight is 271 g/mol. The molecule has 0 saturated carbocycles. The van der Waals surface area contributed by atoms with Crippen LogP contribution in [0.15, 0.2) is 48.5 Å². The Morgan fingerprint density at radius 1 is 1.05 bits per heavy atom. The molecular weight excluding hydrogens is 250 g/mol. The summed E-state index contributed by atoms with van der Waals surface area (Å²) in [4.78, 5) is 0. The van der Waals surface area contributed by atoms with Crippen LogP contribution in [0.1, 0.15) is 24.1 Å². The van der Waals surface area contributed by atoms with E-state index in [1.54, 1.807) is 7.11 Å². The minimum absolute atomic E-state index is 0.0388. The van der Waals surface area contributed by atoms with Crippen LogP contribution in [0.4, 0.5) is 0 Å². The Bertz CT molecular complexity index is 537. The van der Waals surface area contributed by atoms with E-state index in [2.05, 4.69) is 12.1 Å². The maximum absolute atomic E-state index is 6.26. The van der Waals surface area contributed by atoms with Crippen molar-refractivity contribution >= 4 is 0 Å². The van der Waals surface area contributed by atoms with Crippen molar-refractivity contribution in [3.8, 4) is 11.5 Å². The van der Waals surface area contributed by atoms with Gasteiger partial charge >= 0.3 is 0 Å². The van der Waals surface area contributed by atoms with Gasteiger partial charge in [-0.2, -0.15) is 0 Å². The molecule has 0 fully saturated rings. The van der Waals surface area contributed by atoms with Crippen molar-refractivity contribution in [2.45, 2.75) is 19.4 Å². The Morgan fingerprint density at radius 2 is 1.80 bits per heavy atom.